The van der Waals surface area contributed by atoms with Gasteiger partial charge < -0.3 is 0 Å². The van der Waals surface area contributed by atoms with Crippen molar-refractivity contribution >= 4 is 0 Å². The number of aromatic nitrogens is 2. The fraction of sp³-hybridized carbons (Fsp3) is 0.333. The van der Waals surface area contributed by atoms with Crippen LogP contribution in [0, 0.1) is 11.3 Å². The molecule has 26 heavy (non-hydrogen) atoms. The molecular formula is C24H24N2. The Kier molecular flexibility index (Phi) is 3.49. The van der Waals surface area contributed by atoms with E-state index in [-0.39, 0.29) is 0 Å². The van der Waals surface area contributed by atoms with Crippen molar-refractivity contribution in [3.05, 3.63) is 83.7 Å². The molecule has 3 atom stereocenters. The molecule has 3 aliphatic rings. The Balaban J connectivity index is 1.60. The van der Waals surface area contributed by atoms with E-state index >= 15 is 0 Å². The van der Waals surface area contributed by atoms with Crippen LogP contribution in [-0.4, -0.2) is 9.97 Å². The van der Waals surface area contributed by atoms with Crippen LogP contribution in [-0.2, 0) is 6.42 Å². The number of nitrogens with zero attached hydrogens (tertiary/aromatic N) is 2. The second-order valence-electron chi connectivity index (χ2n) is 8.40. The average Bonchev–Trinajstić information content (AvgIpc) is 2.68. The van der Waals surface area contributed by atoms with Crippen molar-refractivity contribution in [2.45, 2.75) is 38.5 Å². The lowest BCUT2D eigenvalue weighted by Crippen LogP contribution is -2.51. The quantitative estimate of drug-likeness (QED) is 0.619. The molecule has 6 rings (SSSR count). The Labute approximate surface area is 155 Å². The van der Waals surface area contributed by atoms with E-state index in [1.807, 2.05) is 18.3 Å². The number of benzene rings is 1. The van der Waals surface area contributed by atoms with Gasteiger partial charge in [0.15, 0.2) is 0 Å². The van der Waals surface area contributed by atoms with Gasteiger partial charge in [0.1, 0.15) is 0 Å². The number of rotatable bonds is 3. The van der Waals surface area contributed by atoms with E-state index in [4.69, 9.17) is 4.98 Å². The number of hydrogen-bond acceptors (Lipinski definition) is 2. The van der Waals surface area contributed by atoms with Crippen LogP contribution in [0.15, 0.2) is 66.9 Å². The van der Waals surface area contributed by atoms with Crippen molar-refractivity contribution in [2.75, 3.05) is 0 Å². The minimum absolute atomic E-state index is 0.376. The summed E-state index contributed by atoms with van der Waals surface area (Å²) in [6, 6.07) is 21.4. The van der Waals surface area contributed by atoms with Gasteiger partial charge in [0.2, 0.25) is 0 Å². The van der Waals surface area contributed by atoms with Gasteiger partial charge >= 0.3 is 0 Å². The lowest BCUT2D eigenvalue weighted by molar-refractivity contribution is -0.00746. The molecular weight excluding hydrogens is 316 g/mol. The maximum atomic E-state index is 5.15. The first-order valence-electron chi connectivity index (χ1n) is 9.61. The highest BCUT2D eigenvalue weighted by Gasteiger charge is 2.57. The molecule has 2 heteroatoms. The normalized spacial score (nSPS) is 25.2. The first-order valence-corrected chi connectivity index (χ1v) is 9.61. The van der Waals surface area contributed by atoms with Gasteiger partial charge in [-0.1, -0.05) is 56.3 Å². The van der Waals surface area contributed by atoms with Crippen molar-refractivity contribution in [1.82, 2.24) is 9.97 Å². The molecule has 3 aliphatic carbocycles. The summed E-state index contributed by atoms with van der Waals surface area (Å²) < 4.78 is 0. The number of hydrogen-bond donors (Lipinski definition) is 0. The van der Waals surface area contributed by atoms with Gasteiger partial charge in [0.25, 0.3) is 0 Å². The van der Waals surface area contributed by atoms with Gasteiger partial charge in [0, 0.05) is 17.8 Å². The van der Waals surface area contributed by atoms with Crippen molar-refractivity contribution < 1.29 is 0 Å². The molecule has 2 heterocycles. The second kappa shape index (κ2) is 5.77. The summed E-state index contributed by atoms with van der Waals surface area (Å²) in [7, 11) is 0. The summed E-state index contributed by atoms with van der Waals surface area (Å²) in [6.07, 6.45) is 4.23. The molecule has 0 N–H and O–H groups in total. The third-order valence-electron chi connectivity index (χ3n) is 6.74. The first kappa shape index (κ1) is 15.7. The SMILES string of the molecule is CC1(C)[C@@H]2C[C@H]1[C@@H](Cc1ccccc1)c1nc(-c3ccccn3)ccc12. The van der Waals surface area contributed by atoms with Crippen molar-refractivity contribution in [1.29, 1.82) is 0 Å². The van der Waals surface area contributed by atoms with E-state index in [2.05, 4.69) is 67.4 Å². The van der Waals surface area contributed by atoms with E-state index < -0.39 is 0 Å². The molecule has 0 spiro atoms. The number of pyridine rings is 2. The van der Waals surface area contributed by atoms with Gasteiger partial charge in [-0.3, -0.25) is 9.97 Å². The monoisotopic (exact) mass is 340 g/mol. The van der Waals surface area contributed by atoms with Gasteiger partial charge in [-0.25, -0.2) is 0 Å². The smallest absolute Gasteiger partial charge is 0.0889 e. The fourth-order valence-electron chi connectivity index (χ4n) is 5.20. The molecule has 0 unspecified atom stereocenters. The fourth-order valence-corrected chi connectivity index (χ4v) is 5.20. The average molecular weight is 340 g/mol. The zero-order chi connectivity index (χ0) is 17.7. The highest BCUT2D eigenvalue weighted by molar-refractivity contribution is 5.56. The van der Waals surface area contributed by atoms with Crippen LogP contribution in [0.1, 0.15) is 48.9 Å². The lowest BCUT2D eigenvalue weighted by Gasteiger charge is -2.60. The first-order chi connectivity index (χ1) is 12.6. The molecule has 3 aromatic rings. The van der Waals surface area contributed by atoms with Gasteiger partial charge in [-0.2, -0.15) is 0 Å². The lowest BCUT2D eigenvalue weighted by atomic mass is 9.44. The van der Waals surface area contributed by atoms with Gasteiger partial charge in [0.05, 0.1) is 11.4 Å². The molecule has 0 radical (unpaired) electrons. The van der Waals surface area contributed by atoms with Gasteiger partial charge in [-0.05, 0) is 59.4 Å². The highest BCUT2D eigenvalue weighted by atomic mass is 14.8. The van der Waals surface area contributed by atoms with E-state index in [1.165, 1.54) is 23.2 Å². The largest absolute Gasteiger partial charge is 0.255 e. The van der Waals surface area contributed by atoms with E-state index in [9.17, 15) is 0 Å². The molecule has 0 saturated heterocycles. The maximum absolute atomic E-state index is 5.15. The van der Waals surface area contributed by atoms with Crippen LogP contribution in [0.25, 0.3) is 11.4 Å². The van der Waals surface area contributed by atoms with E-state index in [0.717, 1.165) is 17.8 Å². The molecule has 0 amide bonds. The summed E-state index contributed by atoms with van der Waals surface area (Å²) in [6.45, 7) is 4.89. The highest BCUT2D eigenvalue weighted by Crippen LogP contribution is 2.66. The van der Waals surface area contributed by atoms with E-state index in [0.29, 0.717) is 23.2 Å². The molecule has 2 aromatic heterocycles. The molecule has 2 nitrogen and oxygen atoms in total. The molecule has 1 saturated carbocycles. The molecule has 0 aliphatic heterocycles. The maximum Gasteiger partial charge on any atom is 0.0889 e. The summed E-state index contributed by atoms with van der Waals surface area (Å²) in [5, 5.41) is 0. The van der Waals surface area contributed by atoms with Crippen molar-refractivity contribution in [3.8, 4) is 11.4 Å². The van der Waals surface area contributed by atoms with Crippen molar-refractivity contribution in [3.63, 3.8) is 0 Å². The Morgan fingerprint density at radius 1 is 0.923 bits per heavy atom. The van der Waals surface area contributed by atoms with Gasteiger partial charge in [-0.15, -0.1) is 0 Å². The molecule has 1 aromatic carbocycles. The molecule has 2 bridgehead atoms. The van der Waals surface area contributed by atoms with Crippen LogP contribution in [0.3, 0.4) is 0 Å². The van der Waals surface area contributed by atoms with Crippen LogP contribution >= 0.6 is 0 Å². The standard InChI is InChI=1S/C24H24N2/c1-24(2)19-15-20(24)18(14-16-8-4-3-5-9-16)23-17(19)11-12-22(26-23)21-10-6-7-13-25-21/h3-13,18-20H,14-15H2,1-2H3/t18-,19-,20+/m1/s1. The Hall–Kier alpha value is -2.48. The second-order valence-corrected chi connectivity index (χ2v) is 8.40. The van der Waals surface area contributed by atoms with Crippen LogP contribution in [0.4, 0.5) is 0 Å². The Bertz CT molecular complexity index is 931. The van der Waals surface area contributed by atoms with Crippen LogP contribution in [0.2, 0.25) is 0 Å². The summed E-state index contributed by atoms with van der Waals surface area (Å²) in [5.74, 6) is 1.86. The zero-order valence-electron chi connectivity index (χ0n) is 15.4. The molecule has 1 fully saturated rings. The van der Waals surface area contributed by atoms with Crippen molar-refractivity contribution in [2.24, 2.45) is 11.3 Å². The summed E-state index contributed by atoms with van der Waals surface area (Å²) in [5.41, 5.74) is 6.54. The van der Waals surface area contributed by atoms with Crippen LogP contribution in [0.5, 0.6) is 0 Å². The predicted octanol–water partition coefficient (Wildman–Crippen LogP) is 5.61. The Morgan fingerprint density at radius 3 is 2.46 bits per heavy atom. The minimum Gasteiger partial charge on any atom is -0.255 e. The van der Waals surface area contributed by atoms with E-state index in [1.54, 1.807) is 0 Å². The van der Waals surface area contributed by atoms with Crippen LogP contribution < -0.4 is 0 Å². The minimum atomic E-state index is 0.376. The zero-order valence-corrected chi connectivity index (χ0v) is 15.4. The third kappa shape index (κ3) is 2.32. The Morgan fingerprint density at radius 2 is 1.73 bits per heavy atom. The topological polar surface area (TPSA) is 25.8 Å². The summed E-state index contributed by atoms with van der Waals surface area (Å²) in [4.78, 5) is 9.65. The summed E-state index contributed by atoms with van der Waals surface area (Å²) >= 11 is 0. The third-order valence-corrected chi connectivity index (χ3v) is 6.74. The molecule has 130 valence electrons. The predicted molar refractivity (Wildman–Crippen MR) is 105 cm³/mol.